The monoisotopic (exact) mass is 251 g/mol. The molecular weight excluding hydrogens is 238 g/mol. The highest BCUT2D eigenvalue weighted by molar-refractivity contribution is 7.14. The Morgan fingerprint density at radius 1 is 1.18 bits per heavy atom. The molecule has 1 aromatic carbocycles. The zero-order valence-corrected chi connectivity index (χ0v) is 10.5. The first-order valence-corrected chi connectivity index (χ1v) is 5.85. The lowest BCUT2D eigenvalue weighted by molar-refractivity contribution is 0.355. The van der Waals surface area contributed by atoms with Gasteiger partial charge in [-0.3, -0.25) is 0 Å². The minimum Gasteiger partial charge on any atom is -0.493 e. The summed E-state index contributed by atoms with van der Waals surface area (Å²) in [5.41, 5.74) is 6.45. The topological polar surface area (TPSA) is 70.3 Å². The summed E-state index contributed by atoms with van der Waals surface area (Å²) in [6.45, 7) is 0.408. The van der Waals surface area contributed by atoms with Crippen molar-refractivity contribution in [1.29, 1.82) is 0 Å². The van der Waals surface area contributed by atoms with Gasteiger partial charge in [-0.1, -0.05) is 11.3 Å². The summed E-state index contributed by atoms with van der Waals surface area (Å²) in [5, 5.41) is 9.70. The average molecular weight is 251 g/mol. The van der Waals surface area contributed by atoms with Gasteiger partial charge in [-0.25, -0.2) is 0 Å². The van der Waals surface area contributed by atoms with Crippen molar-refractivity contribution in [3.8, 4) is 22.1 Å². The van der Waals surface area contributed by atoms with Crippen LogP contribution in [0, 0.1) is 0 Å². The molecule has 2 aromatic rings. The molecule has 0 aliphatic heterocycles. The zero-order chi connectivity index (χ0) is 12.3. The molecule has 0 saturated carbocycles. The summed E-state index contributed by atoms with van der Waals surface area (Å²) in [7, 11) is 3.21. The molecule has 0 spiro atoms. The van der Waals surface area contributed by atoms with E-state index in [1.807, 2.05) is 18.2 Å². The Bertz CT molecular complexity index is 513. The van der Waals surface area contributed by atoms with Crippen LogP contribution in [0.5, 0.6) is 11.5 Å². The molecule has 1 aromatic heterocycles. The van der Waals surface area contributed by atoms with E-state index in [1.54, 1.807) is 14.2 Å². The highest BCUT2D eigenvalue weighted by Gasteiger charge is 2.09. The number of benzene rings is 1. The van der Waals surface area contributed by atoms with Gasteiger partial charge in [-0.15, -0.1) is 10.2 Å². The van der Waals surface area contributed by atoms with Crippen LogP contribution in [0.4, 0.5) is 0 Å². The summed E-state index contributed by atoms with van der Waals surface area (Å²) in [5.74, 6) is 1.37. The van der Waals surface area contributed by atoms with Crippen molar-refractivity contribution in [3.63, 3.8) is 0 Å². The molecule has 0 aliphatic carbocycles. The maximum atomic E-state index is 5.51. The Hall–Kier alpha value is -1.66. The fraction of sp³-hybridized carbons (Fsp3) is 0.273. The van der Waals surface area contributed by atoms with E-state index in [1.165, 1.54) is 11.3 Å². The van der Waals surface area contributed by atoms with Crippen LogP contribution >= 0.6 is 11.3 Å². The number of aromatic nitrogens is 2. The van der Waals surface area contributed by atoms with Gasteiger partial charge in [0.05, 0.1) is 14.2 Å². The number of nitrogens with two attached hydrogens (primary N) is 1. The second kappa shape index (κ2) is 5.11. The fourth-order valence-electron chi connectivity index (χ4n) is 1.42. The molecule has 6 heteroatoms. The fourth-order valence-corrected chi connectivity index (χ4v) is 2.14. The summed E-state index contributed by atoms with van der Waals surface area (Å²) >= 11 is 1.48. The summed E-state index contributed by atoms with van der Waals surface area (Å²) in [6.07, 6.45) is 0. The molecule has 0 unspecified atom stereocenters. The second-order valence-electron chi connectivity index (χ2n) is 3.27. The van der Waals surface area contributed by atoms with Crippen molar-refractivity contribution in [2.24, 2.45) is 5.73 Å². The molecule has 0 aliphatic rings. The molecule has 1 heterocycles. The Balaban J connectivity index is 2.38. The van der Waals surface area contributed by atoms with Crippen molar-refractivity contribution in [3.05, 3.63) is 23.2 Å². The van der Waals surface area contributed by atoms with E-state index in [4.69, 9.17) is 15.2 Å². The minimum absolute atomic E-state index is 0.408. The molecule has 0 radical (unpaired) electrons. The smallest absolute Gasteiger partial charge is 0.161 e. The minimum atomic E-state index is 0.408. The average Bonchev–Trinajstić information content (AvgIpc) is 2.86. The van der Waals surface area contributed by atoms with Gasteiger partial charge in [0.15, 0.2) is 11.5 Å². The molecule has 90 valence electrons. The largest absolute Gasteiger partial charge is 0.493 e. The molecule has 0 fully saturated rings. The predicted molar refractivity (Wildman–Crippen MR) is 66.3 cm³/mol. The third-order valence-corrected chi connectivity index (χ3v) is 3.27. The van der Waals surface area contributed by atoms with E-state index in [-0.39, 0.29) is 0 Å². The van der Waals surface area contributed by atoms with E-state index < -0.39 is 0 Å². The summed E-state index contributed by atoms with van der Waals surface area (Å²) in [4.78, 5) is 0. The van der Waals surface area contributed by atoms with Crippen LogP contribution < -0.4 is 15.2 Å². The maximum Gasteiger partial charge on any atom is 0.161 e. The van der Waals surface area contributed by atoms with Crippen LogP contribution in [-0.4, -0.2) is 24.4 Å². The summed E-state index contributed by atoms with van der Waals surface area (Å²) in [6, 6.07) is 5.64. The zero-order valence-electron chi connectivity index (χ0n) is 9.64. The number of hydrogen-bond acceptors (Lipinski definition) is 6. The molecule has 0 bridgehead atoms. The maximum absolute atomic E-state index is 5.51. The van der Waals surface area contributed by atoms with Gasteiger partial charge in [-0.2, -0.15) is 0 Å². The van der Waals surface area contributed by atoms with Crippen molar-refractivity contribution < 1.29 is 9.47 Å². The van der Waals surface area contributed by atoms with Gasteiger partial charge in [0.1, 0.15) is 10.0 Å². The molecule has 0 atom stereocenters. The lowest BCUT2D eigenvalue weighted by atomic mass is 10.2. The second-order valence-corrected chi connectivity index (χ2v) is 4.34. The highest BCUT2D eigenvalue weighted by Crippen LogP contribution is 2.33. The Kier molecular flexibility index (Phi) is 3.55. The van der Waals surface area contributed by atoms with Crippen molar-refractivity contribution >= 4 is 11.3 Å². The normalized spacial score (nSPS) is 10.3. The van der Waals surface area contributed by atoms with E-state index >= 15 is 0 Å². The van der Waals surface area contributed by atoms with Crippen LogP contribution in [0.3, 0.4) is 0 Å². The molecule has 2 rings (SSSR count). The van der Waals surface area contributed by atoms with Gasteiger partial charge in [0, 0.05) is 12.1 Å². The lowest BCUT2D eigenvalue weighted by Crippen LogP contribution is -1.94. The Labute approximate surface area is 103 Å². The Morgan fingerprint density at radius 2 is 1.94 bits per heavy atom. The van der Waals surface area contributed by atoms with Crippen LogP contribution in [0.2, 0.25) is 0 Å². The van der Waals surface area contributed by atoms with Gasteiger partial charge in [0.25, 0.3) is 0 Å². The number of rotatable bonds is 4. The van der Waals surface area contributed by atoms with Gasteiger partial charge < -0.3 is 15.2 Å². The van der Waals surface area contributed by atoms with Gasteiger partial charge in [0.2, 0.25) is 0 Å². The van der Waals surface area contributed by atoms with Crippen LogP contribution in [0.1, 0.15) is 5.01 Å². The number of methoxy groups -OCH3 is 2. The van der Waals surface area contributed by atoms with Gasteiger partial charge in [-0.05, 0) is 18.2 Å². The quantitative estimate of drug-likeness (QED) is 0.895. The lowest BCUT2D eigenvalue weighted by Gasteiger charge is -2.07. The first-order valence-electron chi connectivity index (χ1n) is 5.03. The highest BCUT2D eigenvalue weighted by atomic mass is 32.1. The van der Waals surface area contributed by atoms with Crippen LogP contribution in [0.15, 0.2) is 18.2 Å². The first kappa shape index (κ1) is 11.8. The first-order chi connectivity index (χ1) is 8.28. The third kappa shape index (κ3) is 2.37. The molecule has 0 saturated heterocycles. The van der Waals surface area contributed by atoms with E-state index in [2.05, 4.69) is 10.2 Å². The number of hydrogen-bond donors (Lipinski definition) is 1. The number of nitrogens with zero attached hydrogens (tertiary/aromatic N) is 2. The van der Waals surface area contributed by atoms with E-state index in [0.717, 1.165) is 15.6 Å². The van der Waals surface area contributed by atoms with E-state index in [9.17, 15) is 0 Å². The standard InChI is InChI=1S/C11H13N3O2S/c1-15-8-4-3-7(5-9(8)16-2)11-14-13-10(6-12)17-11/h3-5H,6,12H2,1-2H3. The summed E-state index contributed by atoms with van der Waals surface area (Å²) < 4.78 is 10.4. The molecule has 0 amide bonds. The molecule has 5 nitrogen and oxygen atoms in total. The van der Waals surface area contributed by atoms with Crippen LogP contribution in [0.25, 0.3) is 10.6 Å². The van der Waals surface area contributed by atoms with Crippen LogP contribution in [-0.2, 0) is 6.54 Å². The molecule has 2 N–H and O–H groups in total. The molecule has 17 heavy (non-hydrogen) atoms. The van der Waals surface area contributed by atoms with Crippen molar-refractivity contribution in [1.82, 2.24) is 10.2 Å². The van der Waals surface area contributed by atoms with E-state index in [0.29, 0.717) is 18.0 Å². The predicted octanol–water partition coefficient (Wildman–Crippen LogP) is 1.68. The van der Waals surface area contributed by atoms with Crippen molar-refractivity contribution in [2.45, 2.75) is 6.54 Å². The van der Waals surface area contributed by atoms with Gasteiger partial charge >= 0.3 is 0 Å². The third-order valence-electron chi connectivity index (χ3n) is 2.27. The SMILES string of the molecule is COc1ccc(-c2nnc(CN)s2)cc1OC. The number of ether oxygens (including phenoxy) is 2. The Morgan fingerprint density at radius 3 is 2.53 bits per heavy atom. The molecular formula is C11H13N3O2S. The van der Waals surface area contributed by atoms with Crippen molar-refractivity contribution in [2.75, 3.05) is 14.2 Å².